The fourth-order valence-corrected chi connectivity index (χ4v) is 2.44. The molecule has 0 unspecified atom stereocenters. The molecule has 9 heavy (non-hydrogen) atoms. The second-order valence-corrected chi connectivity index (χ2v) is 4.82. The van der Waals surface area contributed by atoms with Crippen LogP contribution in [0.4, 0.5) is 0 Å². The van der Waals surface area contributed by atoms with Crippen LogP contribution in [0.1, 0.15) is 5.56 Å². The number of hydrogen-bond donors (Lipinski definition) is 0. The van der Waals surface area contributed by atoms with Crippen LogP contribution in [0.2, 0.25) is 0 Å². The molecule has 0 bridgehead atoms. The van der Waals surface area contributed by atoms with Gasteiger partial charge < -0.3 is 0 Å². The van der Waals surface area contributed by atoms with E-state index in [2.05, 4.69) is 30.3 Å². The van der Waals surface area contributed by atoms with Gasteiger partial charge in [0.25, 0.3) is 0 Å². The Morgan fingerprint density at radius 3 is 2.44 bits per heavy atom. The van der Waals surface area contributed by atoms with Crippen molar-refractivity contribution in [3.63, 3.8) is 0 Å². The van der Waals surface area contributed by atoms with E-state index >= 15 is 0 Å². The molecule has 0 nitrogen and oxygen atoms in total. The SMILES string of the molecule is [Sn][S]Cc1ccccc1. The first kappa shape index (κ1) is 7.48. The molecule has 0 fully saturated rings. The molecule has 0 atom stereocenters. The molecule has 0 aliphatic carbocycles. The summed E-state index contributed by atoms with van der Waals surface area (Å²) in [6.45, 7) is 0. The molecule has 0 saturated carbocycles. The van der Waals surface area contributed by atoms with Crippen molar-refractivity contribution >= 4 is 30.1 Å². The summed E-state index contributed by atoms with van der Waals surface area (Å²) in [5.41, 5.74) is 1.43. The van der Waals surface area contributed by atoms with Gasteiger partial charge in [0.05, 0.1) is 0 Å². The fraction of sp³-hybridized carbons (Fsp3) is 0.143. The first-order valence-electron chi connectivity index (χ1n) is 2.76. The van der Waals surface area contributed by atoms with E-state index in [9.17, 15) is 0 Å². The maximum absolute atomic E-state index is 2.16. The van der Waals surface area contributed by atoms with Gasteiger partial charge in [-0.05, 0) is 0 Å². The standard InChI is InChI=1S/C7H8S.Sn/c8-6-7-4-2-1-3-5-7;/h1-5,8H,6H2;/q;+1/p-1. The average Bonchev–Trinajstić information content (AvgIpc) is 1.91. The van der Waals surface area contributed by atoms with E-state index in [0.29, 0.717) is 0 Å². The van der Waals surface area contributed by atoms with E-state index in [1.807, 2.05) is 8.95 Å². The van der Waals surface area contributed by atoms with Crippen molar-refractivity contribution in [1.82, 2.24) is 0 Å². The summed E-state index contributed by atoms with van der Waals surface area (Å²) in [5, 5.41) is 0. The molecule has 3 radical (unpaired) electrons. The van der Waals surface area contributed by atoms with Crippen LogP contribution in [0.15, 0.2) is 30.3 Å². The van der Waals surface area contributed by atoms with Crippen molar-refractivity contribution < 1.29 is 0 Å². The van der Waals surface area contributed by atoms with Crippen molar-refractivity contribution in [2.45, 2.75) is 5.75 Å². The zero-order chi connectivity index (χ0) is 6.53. The minimum absolute atomic E-state index is 1.17. The van der Waals surface area contributed by atoms with Crippen molar-refractivity contribution in [3.8, 4) is 0 Å². The summed E-state index contributed by atoms with van der Waals surface area (Å²) in [4.78, 5) is 0. The monoisotopic (exact) mass is 243 g/mol. The fourth-order valence-electron chi connectivity index (χ4n) is 0.658. The van der Waals surface area contributed by atoms with Crippen molar-refractivity contribution in [1.29, 1.82) is 0 Å². The summed E-state index contributed by atoms with van der Waals surface area (Å²) >= 11 is 1.55. The predicted octanol–water partition coefficient (Wildman–Crippen LogP) is 2.00. The van der Waals surface area contributed by atoms with Crippen LogP contribution in [-0.2, 0) is 5.75 Å². The van der Waals surface area contributed by atoms with Gasteiger partial charge in [0.1, 0.15) is 0 Å². The van der Waals surface area contributed by atoms with Gasteiger partial charge >= 0.3 is 71.7 Å². The molecule has 45 valence electrons. The van der Waals surface area contributed by atoms with E-state index in [4.69, 9.17) is 0 Å². The van der Waals surface area contributed by atoms with Crippen LogP contribution in [0.25, 0.3) is 0 Å². The third kappa shape index (κ3) is 2.63. The third-order valence-corrected chi connectivity index (χ3v) is 2.80. The molecule has 0 saturated heterocycles. The number of benzene rings is 1. The molecule has 2 heteroatoms. The zero-order valence-corrected chi connectivity index (χ0v) is 8.67. The molecule has 1 aromatic carbocycles. The summed E-state index contributed by atoms with van der Waals surface area (Å²) in [5.74, 6) is 1.17. The Kier molecular flexibility index (Phi) is 3.51. The van der Waals surface area contributed by atoms with Crippen LogP contribution in [0.3, 0.4) is 0 Å². The Morgan fingerprint density at radius 1 is 1.22 bits per heavy atom. The van der Waals surface area contributed by atoms with Gasteiger partial charge in [-0.25, -0.2) is 0 Å². The van der Waals surface area contributed by atoms with Gasteiger partial charge in [-0.15, -0.1) is 0 Å². The third-order valence-electron chi connectivity index (χ3n) is 1.08. The van der Waals surface area contributed by atoms with E-state index in [0.717, 1.165) is 0 Å². The molecule has 1 aromatic rings. The van der Waals surface area contributed by atoms with Gasteiger partial charge in [0.2, 0.25) is 0 Å². The van der Waals surface area contributed by atoms with E-state index in [1.165, 1.54) is 11.3 Å². The zero-order valence-electron chi connectivity index (χ0n) is 5.00. The number of hydrogen-bond acceptors (Lipinski definition) is 1. The topological polar surface area (TPSA) is 0 Å². The summed E-state index contributed by atoms with van der Waals surface area (Å²) < 4.78 is 0. The van der Waals surface area contributed by atoms with Gasteiger partial charge in [0, 0.05) is 0 Å². The van der Waals surface area contributed by atoms with Crippen LogP contribution in [0, 0.1) is 0 Å². The molecule has 0 spiro atoms. The Morgan fingerprint density at radius 2 is 1.89 bits per heavy atom. The van der Waals surface area contributed by atoms with Crippen LogP contribution >= 0.6 is 8.95 Å². The Bertz CT molecular complexity index is 162. The maximum atomic E-state index is 2.16. The first-order chi connectivity index (χ1) is 4.43. The molecular formula is C7H7SSn. The summed E-state index contributed by atoms with van der Waals surface area (Å²) in [7, 11) is 1.94. The average molecular weight is 242 g/mol. The molecule has 1 rings (SSSR count). The number of rotatable bonds is 2. The van der Waals surface area contributed by atoms with Gasteiger partial charge in [-0.2, -0.15) is 0 Å². The van der Waals surface area contributed by atoms with Crippen LogP contribution in [0.5, 0.6) is 0 Å². The molecule has 0 aliphatic heterocycles. The van der Waals surface area contributed by atoms with Crippen molar-refractivity contribution in [2.75, 3.05) is 0 Å². The summed E-state index contributed by atoms with van der Waals surface area (Å²) in [6, 6.07) is 10.6. The predicted molar refractivity (Wildman–Crippen MR) is 43.5 cm³/mol. The van der Waals surface area contributed by atoms with Gasteiger partial charge in [-0.3, -0.25) is 0 Å². The van der Waals surface area contributed by atoms with Crippen LogP contribution < -0.4 is 0 Å². The van der Waals surface area contributed by atoms with Gasteiger partial charge in [0.15, 0.2) is 0 Å². The normalized spacial score (nSPS) is 9.44. The Labute approximate surface area is 71.6 Å². The molecule has 0 aliphatic rings. The second-order valence-electron chi connectivity index (χ2n) is 1.77. The van der Waals surface area contributed by atoms with Crippen LogP contribution in [-0.4, -0.2) is 21.1 Å². The van der Waals surface area contributed by atoms with E-state index < -0.39 is 0 Å². The molecule has 0 aromatic heterocycles. The molecular weight excluding hydrogens is 235 g/mol. The second kappa shape index (κ2) is 4.23. The molecule has 0 heterocycles. The first-order valence-corrected chi connectivity index (χ1v) is 7.24. The summed E-state index contributed by atoms with van der Waals surface area (Å²) in [6.07, 6.45) is 0. The molecule has 0 N–H and O–H groups in total. The quantitative estimate of drug-likeness (QED) is 0.714. The van der Waals surface area contributed by atoms with Gasteiger partial charge in [-0.1, -0.05) is 0 Å². The van der Waals surface area contributed by atoms with E-state index in [1.54, 1.807) is 21.1 Å². The Balaban J connectivity index is 2.61. The van der Waals surface area contributed by atoms with E-state index in [-0.39, 0.29) is 0 Å². The molecule has 0 amide bonds. The van der Waals surface area contributed by atoms with Crippen molar-refractivity contribution in [2.24, 2.45) is 0 Å². The Hall–Kier alpha value is 0.369. The van der Waals surface area contributed by atoms with Crippen molar-refractivity contribution in [3.05, 3.63) is 35.9 Å². The minimum atomic E-state index is 1.17.